The Morgan fingerprint density at radius 2 is 1.89 bits per heavy atom. The Kier molecular flexibility index (Phi) is 6.92. The van der Waals surface area contributed by atoms with E-state index in [1.54, 1.807) is 14.0 Å². The number of benzene rings is 1. The van der Waals surface area contributed by atoms with E-state index in [1.165, 1.54) is 0 Å². The van der Waals surface area contributed by atoms with Crippen molar-refractivity contribution in [3.63, 3.8) is 0 Å². The number of hydrogen-bond acceptors (Lipinski definition) is 3. The van der Waals surface area contributed by atoms with E-state index < -0.39 is 6.10 Å². The SMILES string of the molecule is COCc1ccc(CNC(=O)NCCC(C)O)cc1. The number of urea groups is 1. The van der Waals surface area contributed by atoms with Crippen LogP contribution in [0.4, 0.5) is 4.79 Å². The minimum Gasteiger partial charge on any atom is -0.393 e. The molecule has 0 saturated heterocycles. The third-order valence-corrected chi connectivity index (χ3v) is 2.63. The Morgan fingerprint density at radius 1 is 1.26 bits per heavy atom. The van der Waals surface area contributed by atoms with Gasteiger partial charge in [-0.3, -0.25) is 0 Å². The second-order valence-corrected chi connectivity index (χ2v) is 4.50. The van der Waals surface area contributed by atoms with Gasteiger partial charge in [-0.05, 0) is 24.5 Å². The summed E-state index contributed by atoms with van der Waals surface area (Å²) in [5.74, 6) is 0. The summed E-state index contributed by atoms with van der Waals surface area (Å²) in [6, 6.07) is 7.66. The van der Waals surface area contributed by atoms with E-state index in [1.807, 2.05) is 24.3 Å². The summed E-state index contributed by atoms with van der Waals surface area (Å²) >= 11 is 0. The number of ether oxygens (including phenoxy) is 1. The molecule has 19 heavy (non-hydrogen) atoms. The van der Waals surface area contributed by atoms with Crippen LogP contribution >= 0.6 is 0 Å². The van der Waals surface area contributed by atoms with Gasteiger partial charge < -0.3 is 20.5 Å². The molecule has 0 bridgehead atoms. The lowest BCUT2D eigenvalue weighted by Crippen LogP contribution is -2.36. The quantitative estimate of drug-likeness (QED) is 0.698. The molecule has 2 amide bonds. The first-order valence-corrected chi connectivity index (χ1v) is 6.38. The van der Waals surface area contributed by atoms with Crippen LogP contribution in [0.15, 0.2) is 24.3 Å². The molecule has 0 aliphatic heterocycles. The molecule has 1 unspecified atom stereocenters. The Bertz CT molecular complexity index is 377. The average molecular weight is 266 g/mol. The van der Waals surface area contributed by atoms with Gasteiger partial charge in [-0.2, -0.15) is 0 Å². The van der Waals surface area contributed by atoms with Gasteiger partial charge in [-0.15, -0.1) is 0 Å². The number of carbonyl (C=O) groups is 1. The summed E-state index contributed by atoms with van der Waals surface area (Å²) in [7, 11) is 1.66. The molecule has 1 aromatic carbocycles. The van der Waals surface area contributed by atoms with Crippen molar-refractivity contribution in [1.82, 2.24) is 10.6 Å². The van der Waals surface area contributed by atoms with Gasteiger partial charge in [0.15, 0.2) is 0 Å². The molecule has 5 nitrogen and oxygen atoms in total. The monoisotopic (exact) mass is 266 g/mol. The fraction of sp³-hybridized carbons (Fsp3) is 0.500. The summed E-state index contributed by atoms with van der Waals surface area (Å²) in [5.41, 5.74) is 2.14. The topological polar surface area (TPSA) is 70.6 Å². The number of rotatable bonds is 7. The molecular formula is C14H22N2O3. The second kappa shape index (κ2) is 8.50. The number of methoxy groups -OCH3 is 1. The fourth-order valence-electron chi connectivity index (χ4n) is 1.56. The zero-order valence-corrected chi connectivity index (χ0v) is 11.5. The first-order valence-electron chi connectivity index (χ1n) is 6.38. The third kappa shape index (κ3) is 6.79. The molecule has 0 aromatic heterocycles. The Morgan fingerprint density at radius 3 is 2.47 bits per heavy atom. The summed E-state index contributed by atoms with van der Waals surface area (Å²) < 4.78 is 5.03. The number of carbonyl (C=O) groups excluding carboxylic acids is 1. The molecule has 0 spiro atoms. The molecule has 0 heterocycles. The molecule has 0 aliphatic rings. The lowest BCUT2D eigenvalue weighted by Gasteiger charge is -2.09. The number of nitrogens with one attached hydrogen (secondary N) is 2. The van der Waals surface area contributed by atoms with E-state index in [0.717, 1.165) is 11.1 Å². The predicted octanol–water partition coefficient (Wildman–Crippen LogP) is 1.40. The number of hydrogen-bond donors (Lipinski definition) is 3. The van der Waals surface area contributed by atoms with Crippen LogP contribution in [0.3, 0.4) is 0 Å². The van der Waals surface area contributed by atoms with Crippen LogP contribution in [0.2, 0.25) is 0 Å². The zero-order valence-electron chi connectivity index (χ0n) is 11.5. The van der Waals surface area contributed by atoms with E-state index in [9.17, 15) is 4.79 Å². The van der Waals surface area contributed by atoms with Gasteiger partial charge in [-0.25, -0.2) is 4.79 Å². The van der Waals surface area contributed by atoms with Crippen molar-refractivity contribution in [2.24, 2.45) is 0 Å². The molecule has 1 aromatic rings. The van der Waals surface area contributed by atoms with E-state index in [2.05, 4.69) is 10.6 Å². The van der Waals surface area contributed by atoms with Crippen LogP contribution < -0.4 is 10.6 Å². The Labute approximate surface area is 114 Å². The summed E-state index contributed by atoms with van der Waals surface area (Å²) in [4.78, 5) is 11.4. The summed E-state index contributed by atoms with van der Waals surface area (Å²) in [6.45, 7) is 3.23. The Balaban J connectivity index is 2.25. The van der Waals surface area contributed by atoms with Gasteiger partial charge >= 0.3 is 6.03 Å². The average Bonchev–Trinajstić information content (AvgIpc) is 2.38. The zero-order chi connectivity index (χ0) is 14.1. The first kappa shape index (κ1) is 15.5. The van der Waals surface area contributed by atoms with Crippen molar-refractivity contribution >= 4 is 6.03 Å². The van der Waals surface area contributed by atoms with E-state index in [0.29, 0.717) is 26.1 Å². The van der Waals surface area contributed by atoms with Crippen LogP contribution in [-0.4, -0.2) is 30.9 Å². The van der Waals surface area contributed by atoms with Crippen molar-refractivity contribution in [2.45, 2.75) is 32.6 Å². The maximum Gasteiger partial charge on any atom is 0.315 e. The molecule has 0 radical (unpaired) electrons. The third-order valence-electron chi connectivity index (χ3n) is 2.63. The highest BCUT2D eigenvalue weighted by Crippen LogP contribution is 2.05. The number of aliphatic hydroxyl groups excluding tert-OH is 1. The number of aliphatic hydroxyl groups is 1. The lowest BCUT2D eigenvalue weighted by atomic mass is 10.1. The summed E-state index contributed by atoms with van der Waals surface area (Å²) in [5, 5.41) is 14.5. The number of amides is 2. The van der Waals surface area contributed by atoms with E-state index >= 15 is 0 Å². The molecule has 1 rings (SSSR count). The molecule has 106 valence electrons. The standard InChI is InChI=1S/C14H22N2O3/c1-11(17)7-8-15-14(18)16-9-12-3-5-13(6-4-12)10-19-2/h3-6,11,17H,7-10H2,1-2H3,(H2,15,16,18). The second-order valence-electron chi connectivity index (χ2n) is 4.50. The van der Waals surface area contributed by atoms with Crippen LogP contribution in [0.5, 0.6) is 0 Å². The lowest BCUT2D eigenvalue weighted by molar-refractivity contribution is 0.183. The van der Waals surface area contributed by atoms with Crippen LogP contribution in [-0.2, 0) is 17.9 Å². The van der Waals surface area contributed by atoms with Crippen molar-refractivity contribution in [3.8, 4) is 0 Å². The van der Waals surface area contributed by atoms with Crippen molar-refractivity contribution < 1.29 is 14.6 Å². The summed E-state index contributed by atoms with van der Waals surface area (Å²) in [6.07, 6.45) is 0.160. The van der Waals surface area contributed by atoms with Crippen molar-refractivity contribution in [1.29, 1.82) is 0 Å². The first-order chi connectivity index (χ1) is 9.11. The van der Waals surface area contributed by atoms with Gasteiger partial charge in [0.25, 0.3) is 0 Å². The van der Waals surface area contributed by atoms with Gasteiger partial charge in [0.05, 0.1) is 12.7 Å². The molecule has 3 N–H and O–H groups in total. The van der Waals surface area contributed by atoms with E-state index in [4.69, 9.17) is 9.84 Å². The van der Waals surface area contributed by atoms with Gasteiger partial charge in [0.2, 0.25) is 0 Å². The molecule has 0 fully saturated rings. The highest BCUT2D eigenvalue weighted by molar-refractivity contribution is 5.73. The van der Waals surface area contributed by atoms with Crippen LogP contribution in [0.25, 0.3) is 0 Å². The molecule has 5 heteroatoms. The molecule has 0 aliphatic carbocycles. The Hall–Kier alpha value is -1.59. The predicted molar refractivity (Wildman–Crippen MR) is 73.7 cm³/mol. The smallest absolute Gasteiger partial charge is 0.315 e. The minimum absolute atomic E-state index is 0.221. The minimum atomic E-state index is -0.395. The van der Waals surface area contributed by atoms with Crippen LogP contribution in [0, 0.1) is 0 Å². The van der Waals surface area contributed by atoms with Crippen LogP contribution in [0.1, 0.15) is 24.5 Å². The van der Waals surface area contributed by atoms with Gasteiger partial charge in [0.1, 0.15) is 0 Å². The highest BCUT2D eigenvalue weighted by atomic mass is 16.5. The van der Waals surface area contributed by atoms with Gasteiger partial charge in [-0.1, -0.05) is 24.3 Å². The normalized spacial score (nSPS) is 11.9. The largest absolute Gasteiger partial charge is 0.393 e. The maximum absolute atomic E-state index is 11.4. The van der Waals surface area contributed by atoms with Crippen molar-refractivity contribution in [3.05, 3.63) is 35.4 Å². The molecule has 0 saturated carbocycles. The molecule has 1 atom stereocenters. The van der Waals surface area contributed by atoms with Gasteiger partial charge in [0, 0.05) is 20.2 Å². The molecular weight excluding hydrogens is 244 g/mol. The maximum atomic E-state index is 11.4. The highest BCUT2D eigenvalue weighted by Gasteiger charge is 2.01. The van der Waals surface area contributed by atoms with E-state index in [-0.39, 0.29) is 6.03 Å². The van der Waals surface area contributed by atoms with Crippen molar-refractivity contribution in [2.75, 3.05) is 13.7 Å². The fourth-order valence-corrected chi connectivity index (χ4v) is 1.56.